The van der Waals surface area contributed by atoms with E-state index in [1.807, 2.05) is 48.5 Å². The van der Waals surface area contributed by atoms with Crippen molar-refractivity contribution in [2.24, 2.45) is 0 Å². The molecule has 0 saturated heterocycles. The third-order valence-corrected chi connectivity index (χ3v) is 3.26. The van der Waals surface area contributed by atoms with Gasteiger partial charge in [-0.25, -0.2) is 0 Å². The van der Waals surface area contributed by atoms with Crippen molar-refractivity contribution in [3.63, 3.8) is 0 Å². The topological polar surface area (TPSA) is 42.9 Å². The van der Waals surface area contributed by atoms with Crippen molar-refractivity contribution in [2.75, 3.05) is 0 Å². The largest absolute Gasteiger partial charge is 0.294 e. The van der Waals surface area contributed by atoms with Gasteiger partial charge in [0.2, 0.25) is 0 Å². The standard InChI is InChI=1S/C17H14N2O/c20-17(9-7-15-5-1-2-10-18-15)14-6-8-16-13(12-14)4-3-11-19-16/h1-6,8,10-12H,7,9H2. The maximum atomic E-state index is 12.2. The highest BCUT2D eigenvalue weighted by Gasteiger charge is 2.07. The molecule has 2 aromatic heterocycles. The lowest BCUT2D eigenvalue weighted by Crippen LogP contribution is -2.02. The van der Waals surface area contributed by atoms with Gasteiger partial charge in [-0.1, -0.05) is 12.1 Å². The van der Waals surface area contributed by atoms with Crippen LogP contribution in [0.2, 0.25) is 0 Å². The van der Waals surface area contributed by atoms with Crippen molar-refractivity contribution in [3.8, 4) is 0 Å². The maximum absolute atomic E-state index is 12.2. The number of aryl methyl sites for hydroxylation is 1. The predicted octanol–water partition coefficient (Wildman–Crippen LogP) is 3.45. The summed E-state index contributed by atoms with van der Waals surface area (Å²) in [6.45, 7) is 0. The number of ketones is 1. The second-order valence-electron chi connectivity index (χ2n) is 4.66. The van der Waals surface area contributed by atoms with Crippen LogP contribution in [0, 0.1) is 0 Å². The minimum Gasteiger partial charge on any atom is -0.294 e. The summed E-state index contributed by atoms with van der Waals surface area (Å²) in [6, 6.07) is 15.2. The Balaban J connectivity index is 1.75. The number of hydrogen-bond acceptors (Lipinski definition) is 3. The Hall–Kier alpha value is -2.55. The Morgan fingerprint density at radius 1 is 0.950 bits per heavy atom. The summed E-state index contributed by atoms with van der Waals surface area (Å²) in [6.07, 6.45) is 4.65. The van der Waals surface area contributed by atoms with Crippen LogP contribution in [0.4, 0.5) is 0 Å². The predicted molar refractivity (Wildman–Crippen MR) is 78.6 cm³/mol. The maximum Gasteiger partial charge on any atom is 0.163 e. The van der Waals surface area contributed by atoms with Crippen molar-refractivity contribution in [2.45, 2.75) is 12.8 Å². The third kappa shape index (κ3) is 2.72. The summed E-state index contributed by atoms with van der Waals surface area (Å²) >= 11 is 0. The van der Waals surface area contributed by atoms with Crippen LogP contribution in [0.5, 0.6) is 0 Å². The van der Waals surface area contributed by atoms with Crippen LogP contribution >= 0.6 is 0 Å². The van der Waals surface area contributed by atoms with E-state index in [0.717, 1.165) is 22.2 Å². The third-order valence-electron chi connectivity index (χ3n) is 3.26. The molecule has 0 fully saturated rings. The Morgan fingerprint density at radius 3 is 2.70 bits per heavy atom. The van der Waals surface area contributed by atoms with Crippen molar-refractivity contribution in [1.82, 2.24) is 9.97 Å². The van der Waals surface area contributed by atoms with Crippen LogP contribution in [0.25, 0.3) is 10.9 Å². The van der Waals surface area contributed by atoms with E-state index in [1.165, 1.54) is 0 Å². The molecule has 0 unspecified atom stereocenters. The van der Waals surface area contributed by atoms with E-state index in [0.29, 0.717) is 12.8 Å². The average Bonchev–Trinajstić information content (AvgIpc) is 2.53. The van der Waals surface area contributed by atoms with Crippen LogP contribution < -0.4 is 0 Å². The monoisotopic (exact) mass is 262 g/mol. The van der Waals surface area contributed by atoms with Gasteiger partial charge in [-0.15, -0.1) is 0 Å². The molecule has 3 nitrogen and oxygen atoms in total. The van der Waals surface area contributed by atoms with Crippen molar-refractivity contribution in [3.05, 3.63) is 72.2 Å². The lowest BCUT2D eigenvalue weighted by molar-refractivity contribution is 0.0982. The molecule has 0 aliphatic heterocycles. The van der Waals surface area contributed by atoms with Gasteiger partial charge >= 0.3 is 0 Å². The van der Waals surface area contributed by atoms with Gasteiger partial charge in [0, 0.05) is 35.5 Å². The number of fused-ring (bicyclic) bond motifs is 1. The zero-order chi connectivity index (χ0) is 13.8. The van der Waals surface area contributed by atoms with Gasteiger partial charge in [-0.2, -0.15) is 0 Å². The highest BCUT2D eigenvalue weighted by atomic mass is 16.1. The summed E-state index contributed by atoms with van der Waals surface area (Å²) in [4.78, 5) is 20.7. The highest BCUT2D eigenvalue weighted by Crippen LogP contribution is 2.15. The van der Waals surface area contributed by atoms with Crippen LogP contribution in [-0.2, 0) is 6.42 Å². The molecule has 3 rings (SSSR count). The van der Waals surface area contributed by atoms with Crippen molar-refractivity contribution in [1.29, 1.82) is 0 Å². The number of hydrogen-bond donors (Lipinski definition) is 0. The lowest BCUT2D eigenvalue weighted by Gasteiger charge is -2.03. The van der Waals surface area contributed by atoms with E-state index in [4.69, 9.17) is 0 Å². The molecule has 3 aromatic rings. The fraction of sp³-hybridized carbons (Fsp3) is 0.118. The normalized spacial score (nSPS) is 10.6. The Kier molecular flexibility index (Phi) is 3.50. The first kappa shape index (κ1) is 12.5. The minimum atomic E-state index is 0.140. The number of nitrogens with zero attached hydrogens (tertiary/aromatic N) is 2. The van der Waals surface area contributed by atoms with Gasteiger partial charge in [-0.05, 0) is 42.8 Å². The summed E-state index contributed by atoms with van der Waals surface area (Å²) in [5, 5.41) is 0.996. The number of carbonyl (C=O) groups is 1. The van der Waals surface area contributed by atoms with Gasteiger partial charge in [0.15, 0.2) is 5.78 Å². The van der Waals surface area contributed by atoms with E-state index < -0.39 is 0 Å². The molecule has 2 heterocycles. The number of rotatable bonds is 4. The highest BCUT2D eigenvalue weighted by molar-refractivity contribution is 5.99. The van der Waals surface area contributed by atoms with Gasteiger partial charge in [0.1, 0.15) is 0 Å². The van der Waals surface area contributed by atoms with Crippen LogP contribution in [0.15, 0.2) is 60.9 Å². The van der Waals surface area contributed by atoms with E-state index in [-0.39, 0.29) is 5.78 Å². The molecule has 0 saturated carbocycles. The molecular weight excluding hydrogens is 248 g/mol. The Labute approximate surface area is 117 Å². The van der Waals surface area contributed by atoms with Crippen LogP contribution in [0.3, 0.4) is 0 Å². The molecule has 0 spiro atoms. The second-order valence-corrected chi connectivity index (χ2v) is 4.66. The zero-order valence-electron chi connectivity index (χ0n) is 11.0. The van der Waals surface area contributed by atoms with Gasteiger partial charge in [-0.3, -0.25) is 14.8 Å². The molecule has 0 atom stereocenters. The summed E-state index contributed by atoms with van der Waals surface area (Å²) in [7, 11) is 0. The van der Waals surface area contributed by atoms with Crippen LogP contribution in [-0.4, -0.2) is 15.8 Å². The quantitative estimate of drug-likeness (QED) is 0.676. The summed E-state index contributed by atoms with van der Waals surface area (Å²) in [5.74, 6) is 0.140. The summed E-state index contributed by atoms with van der Waals surface area (Å²) in [5.41, 5.74) is 2.60. The van der Waals surface area contributed by atoms with Crippen molar-refractivity contribution >= 4 is 16.7 Å². The molecule has 0 aliphatic rings. The number of aromatic nitrogens is 2. The first-order chi connectivity index (χ1) is 9.83. The smallest absolute Gasteiger partial charge is 0.163 e. The molecule has 0 bridgehead atoms. The van der Waals surface area contributed by atoms with Gasteiger partial charge < -0.3 is 0 Å². The molecule has 1 aromatic carbocycles. The number of Topliss-reactive ketones (excluding diaryl/α,β-unsaturated/α-hetero) is 1. The zero-order valence-corrected chi connectivity index (χ0v) is 11.0. The SMILES string of the molecule is O=C(CCc1ccccn1)c1ccc2ncccc2c1. The molecule has 0 aliphatic carbocycles. The molecule has 3 heteroatoms. The number of pyridine rings is 2. The van der Waals surface area contributed by atoms with E-state index in [9.17, 15) is 4.79 Å². The van der Waals surface area contributed by atoms with Gasteiger partial charge in [0.25, 0.3) is 0 Å². The molecule has 20 heavy (non-hydrogen) atoms. The van der Waals surface area contributed by atoms with E-state index >= 15 is 0 Å². The van der Waals surface area contributed by atoms with E-state index in [1.54, 1.807) is 12.4 Å². The number of carbonyl (C=O) groups excluding carboxylic acids is 1. The molecule has 0 radical (unpaired) electrons. The van der Waals surface area contributed by atoms with Crippen molar-refractivity contribution < 1.29 is 4.79 Å². The first-order valence-electron chi connectivity index (χ1n) is 6.61. The van der Waals surface area contributed by atoms with Gasteiger partial charge in [0.05, 0.1) is 5.52 Å². The summed E-state index contributed by atoms with van der Waals surface area (Å²) < 4.78 is 0. The molecule has 0 N–H and O–H groups in total. The Morgan fingerprint density at radius 2 is 1.85 bits per heavy atom. The molecular formula is C17H14N2O. The van der Waals surface area contributed by atoms with Crippen LogP contribution in [0.1, 0.15) is 22.5 Å². The number of benzene rings is 1. The Bertz CT molecular complexity index is 738. The van der Waals surface area contributed by atoms with E-state index in [2.05, 4.69) is 9.97 Å². The fourth-order valence-corrected chi connectivity index (χ4v) is 2.18. The minimum absolute atomic E-state index is 0.140. The first-order valence-corrected chi connectivity index (χ1v) is 6.61. The molecule has 0 amide bonds. The fourth-order valence-electron chi connectivity index (χ4n) is 2.18. The second kappa shape index (κ2) is 5.61. The average molecular weight is 262 g/mol. The lowest BCUT2D eigenvalue weighted by atomic mass is 10.0. The molecule has 98 valence electrons.